The van der Waals surface area contributed by atoms with E-state index in [4.69, 9.17) is 0 Å². The van der Waals surface area contributed by atoms with Gasteiger partial charge in [-0.25, -0.2) is 0 Å². The molecule has 0 aromatic rings. The van der Waals surface area contributed by atoms with Crippen molar-refractivity contribution in [1.82, 2.24) is 0 Å². The van der Waals surface area contributed by atoms with E-state index in [1.165, 1.54) is 25.7 Å². The van der Waals surface area contributed by atoms with Gasteiger partial charge in [0.25, 0.3) is 0 Å². The van der Waals surface area contributed by atoms with Crippen molar-refractivity contribution in [3.63, 3.8) is 0 Å². The molecular weight excluding hydrogens is 115 g/mol. The maximum Gasteiger partial charge on any atom is -0.0500 e. The summed E-state index contributed by atoms with van der Waals surface area (Å²) in [6.45, 7) is 6.38. The van der Waals surface area contributed by atoms with Gasteiger partial charge in [-0.3, -0.25) is 0 Å². The Kier molecular flexibility index (Phi) is 22.0. The van der Waals surface area contributed by atoms with Crippen molar-refractivity contribution in [2.45, 2.75) is 39.5 Å². The first-order valence-corrected chi connectivity index (χ1v) is 4.65. The van der Waals surface area contributed by atoms with Crippen LogP contribution in [0.4, 0.5) is 0 Å². The quantitative estimate of drug-likeness (QED) is 0.411. The topological polar surface area (TPSA) is 0 Å². The van der Waals surface area contributed by atoms with Gasteiger partial charge in [-0.1, -0.05) is 46.2 Å². The second kappa shape index (κ2) is 15.7. The van der Waals surface area contributed by atoms with Crippen LogP contribution in [0.5, 0.6) is 0 Å². The molecule has 1 atom stereocenters. The number of unbranched alkanes of at least 4 members (excludes halogenated alkanes) is 3. The molecule has 0 nitrogen and oxygen atoms in total. The third kappa shape index (κ3) is 16.1. The molecular formula is C7H19P. The smallest absolute Gasteiger partial charge is 0.0500 e. The standard InChI is InChI=1S/C6H14.CH5P/c1-3-5-6-4-2;1-2/h3-6H2,1-2H3;2H2,1H3. The van der Waals surface area contributed by atoms with Gasteiger partial charge >= 0.3 is 0 Å². The highest BCUT2D eigenvalue weighted by atomic mass is 31.0. The van der Waals surface area contributed by atoms with Gasteiger partial charge in [-0.05, 0) is 0 Å². The lowest BCUT2D eigenvalue weighted by molar-refractivity contribution is 0.702. The van der Waals surface area contributed by atoms with Gasteiger partial charge in [-0.15, -0.1) is 9.24 Å². The van der Waals surface area contributed by atoms with E-state index in [2.05, 4.69) is 23.1 Å². The number of rotatable bonds is 3. The highest BCUT2D eigenvalue weighted by Crippen LogP contribution is 1.95. The highest BCUT2D eigenvalue weighted by molar-refractivity contribution is 7.15. The number of hydrogen-bond acceptors (Lipinski definition) is 0. The molecule has 0 radical (unpaired) electrons. The minimum atomic E-state index is 1.36. The third-order valence-corrected chi connectivity index (χ3v) is 0.957. The molecule has 0 aliphatic heterocycles. The largest absolute Gasteiger partial charge is 0.141 e. The summed E-state index contributed by atoms with van der Waals surface area (Å²) in [4.78, 5) is 0. The molecule has 0 amide bonds. The van der Waals surface area contributed by atoms with Crippen LogP contribution < -0.4 is 0 Å². The first-order chi connectivity index (χ1) is 3.91. The SMILES string of the molecule is CCCCCC.CP. The van der Waals surface area contributed by atoms with Crippen LogP contribution in [0.3, 0.4) is 0 Å². The molecule has 0 saturated heterocycles. The zero-order chi connectivity index (χ0) is 6.83. The Morgan fingerprint density at radius 1 is 0.875 bits per heavy atom. The molecule has 0 saturated carbocycles. The lowest BCUT2D eigenvalue weighted by atomic mass is 10.2. The van der Waals surface area contributed by atoms with Gasteiger partial charge in [0.2, 0.25) is 0 Å². The molecule has 0 aliphatic carbocycles. The Hall–Kier alpha value is 0.430. The fraction of sp³-hybridized carbons (Fsp3) is 1.00. The molecule has 0 aromatic carbocycles. The molecule has 52 valence electrons. The third-order valence-electron chi connectivity index (χ3n) is 0.957. The van der Waals surface area contributed by atoms with E-state index in [0.717, 1.165) is 0 Å². The second-order valence-electron chi connectivity index (χ2n) is 1.71. The van der Waals surface area contributed by atoms with E-state index in [9.17, 15) is 0 Å². The fourth-order valence-corrected chi connectivity index (χ4v) is 0.500. The predicted octanol–water partition coefficient (Wildman–Crippen LogP) is 3.08. The van der Waals surface area contributed by atoms with Gasteiger partial charge in [-0.2, -0.15) is 0 Å². The van der Waals surface area contributed by atoms with Crippen molar-refractivity contribution in [2.75, 3.05) is 6.66 Å². The average molecular weight is 134 g/mol. The van der Waals surface area contributed by atoms with E-state index in [1.54, 1.807) is 0 Å². The first kappa shape index (κ1) is 11.3. The van der Waals surface area contributed by atoms with E-state index >= 15 is 0 Å². The Morgan fingerprint density at radius 2 is 1.12 bits per heavy atom. The molecule has 1 unspecified atom stereocenters. The van der Waals surface area contributed by atoms with Crippen molar-refractivity contribution in [3.05, 3.63) is 0 Å². The molecule has 8 heavy (non-hydrogen) atoms. The van der Waals surface area contributed by atoms with Crippen LogP contribution in [0.2, 0.25) is 0 Å². The average Bonchev–Trinajstić information content (AvgIpc) is 1.88. The number of hydrogen-bond donors (Lipinski definition) is 0. The predicted molar refractivity (Wildman–Crippen MR) is 45.5 cm³/mol. The molecule has 0 aliphatic rings. The van der Waals surface area contributed by atoms with Crippen LogP contribution in [0.1, 0.15) is 39.5 Å². The van der Waals surface area contributed by atoms with Crippen molar-refractivity contribution in [2.24, 2.45) is 0 Å². The minimum Gasteiger partial charge on any atom is -0.141 e. The molecule has 0 N–H and O–H groups in total. The Balaban J connectivity index is 0. The second-order valence-corrected chi connectivity index (χ2v) is 1.71. The van der Waals surface area contributed by atoms with Gasteiger partial charge in [0.15, 0.2) is 0 Å². The van der Waals surface area contributed by atoms with Crippen molar-refractivity contribution in [3.8, 4) is 0 Å². The van der Waals surface area contributed by atoms with Gasteiger partial charge in [0, 0.05) is 0 Å². The van der Waals surface area contributed by atoms with Crippen molar-refractivity contribution < 1.29 is 0 Å². The highest BCUT2D eigenvalue weighted by Gasteiger charge is 1.75. The molecule has 0 aromatic heterocycles. The summed E-state index contributed by atoms with van der Waals surface area (Å²) >= 11 is 0. The van der Waals surface area contributed by atoms with Gasteiger partial charge in [0.05, 0.1) is 0 Å². The first-order valence-electron chi connectivity index (χ1n) is 3.49. The zero-order valence-electron chi connectivity index (χ0n) is 6.41. The summed E-state index contributed by atoms with van der Waals surface area (Å²) < 4.78 is 0. The molecule has 0 heterocycles. The summed E-state index contributed by atoms with van der Waals surface area (Å²) in [5, 5.41) is 0. The minimum absolute atomic E-state index is 1.36. The Labute approximate surface area is 56.3 Å². The van der Waals surface area contributed by atoms with E-state index in [1.807, 2.05) is 6.66 Å². The van der Waals surface area contributed by atoms with E-state index in [0.29, 0.717) is 0 Å². The molecule has 0 rings (SSSR count). The molecule has 1 heteroatoms. The van der Waals surface area contributed by atoms with E-state index in [-0.39, 0.29) is 0 Å². The summed E-state index contributed by atoms with van der Waals surface area (Å²) in [5.74, 6) is 0. The lowest BCUT2D eigenvalue weighted by Gasteiger charge is -1.86. The van der Waals surface area contributed by atoms with Crippen molar-refractivity contribution in [1.29, 1.82) is 0 Å². The molecule has 0 spiro atoms. The normalized spacial score (nSPS) is 7.50. The zero-order valence-corrected chi connectivity index (χ0v) is 7.56. The van der Waals surface area contributed by atoms with Crippen LogP contribution in [-0.4, -0.2) is 6.66 Å². The maximum atomic E-state index is 2.42. The van der Waals surface area contributed by atoms with Crippen LogP contribution in [0, 0.1) is 0 Å². The van der Waals surface area contributed by atoms with Gasteiger partial charge < -0.3 is 0 Å². The monoisotopic (exact) mass is 134 g/mol. The molecule has 0 bridgehead atoms. The fourth-order valence-electron chi connectivity index (χ4n) is 0.500. The van der Waals surface area contributed by atoms with Gasteiger partial charge in [0.1, 0.15) is 0 Å². The maximum absolute atomic E-state index is 2.42. The summed E-state index contributed by atoms with van der Waals surface area (Å²) in [7, 11) is 2.42. The van der Waals surface area contributed by atoms with Crippen LogP contribution in [0.25, 0.3) is 0 Å². The Bertz CT molecular complexity index is 16.3. The van der Waals surface area contributed by atoms with Crippen LogP contribution in [-0.2, 0) is 0 Å². The summed E-state index contributed by atoms with van der Waals surface area (Å²) in [6, 6.07) is 0. The lowest BCUT2D eigenvalue weighted by Crippen LogP contribution is -1.66. The van der Waals surface area contributed by atoms with E-state index < -0.39 is 0 Å². The van der Waals surface area contributed by atoms with Crippen molar-refractivity contribution >= 4 is 9.24 Å². The Morgan fingerprint density at radius 3 is 1.25 bits per heavy atom. The summed E-state index contributed by atoms with van der Waals surface area (Å²) in [5.41, 5.74) is 0. The van der Waals surface area contributed by atoms with Crippen LogP contribution in [0.15, 0.2) is 0 Å². The van der Waals surface area contributed by atoms with Crippen LogP contribution >= 0.6 is 9.24 Å². The molecule has 0 fully saturated rings. The summed E-state index contributed by atoms with van der Waals surface area (Å²) in [6.07, 6.45) is 5.54.